The molecule has 0 unspecified atom stereocenters. The molecule has 0 radical (unpaired) electrons. The number of aromatic nitrogens is 2. The summed E-state index contributed by atoms with van der Waals surface area (Å²) in [5, 5.41) is 0. The van der Waals surface area contributed by atoms with Gasteiger partial charge in [0, 0.05) is 50.2 Å². The van der Waals surface area contributed by atoms with E-state index in [1.165, 1.54) is 17.5 Å². The minimum Gasteiger partial charge on any atom is -0.336 e. The summed E-state index contributed by atoms with van der Waals surface area (Å²) in [7, 11) is 0. The van der Waals surface area contributed by atoms with E-state index < -0.39 is 0 Å². The van der Waals surface area contributed by atoms with Crippen LogP contribution in [0.3, 0.4) is 0 Å². The van der Waals surface area contributed by atoms with Crippen LogP contribution in [0.15, 0.2) is 54.9 Å². The lowest BCUT2D eigenvalue weighted by Gasteiger charge is -2.41. The van der Waals surface area contributed by atoms with Crippen molar-refractivity contribution < 1.29 is 4.79 Å². The van der Waals surface area contributed by atoms with E-state index in [0.29, 0.717) is 11.6 Å². The average molecular weight is 372 g/mol. The zero-order valence-electron chi connectivity index (χ0n) is 15.9. The third kappa shape index (κ3) is 3.27. The highest BCUT2D eigenvalue weighted by Crippen LogP contribution is 2.25. The van der Waals surface area contributed by atoms with E-state index in [-0.39, 0.29) is 5.91 Å². The van der Waals surface area contributed by atoms with Gasteiger partial charge in [0.1, 0.15) is 0 Å². The fraction of sp³-hybridized carbons (Fsp3) is 0.348. The number of hydrogen-bond acceptors (Lipinski definition) is 4. The summed E-state index contributed by atoms with van der Waals surface area (Å²) in [5.74, 6) is 0.0983. The van der Waals surface area contributed by atoms with Crippen molar-refractivity contribution in [3.63, 3.8) is 0 Å². The van der Waals surface area contributed by atoms with Gasteiger partial charge in [0.2, 0.25) is 0 Å². The van der Waals surface area contributed by atoms with Gasteiger partial charge in [0.05, 0.1) is 11.0 Å². The molecule has 1 atom stereocenters. The fourth-order valence-electron chi connectivity index (χ4n) is 4.56. The van der Waals surface area contributed by atoms with Crippen LogP contribution < -0.4 is 0 Å². The lowest BCUT2D eigenvalue weighted by molar-refractivity contribution is 0.0553. The Bertz CT molecular complexity index is 1010. The summed E-state index contributed by atoms with van der Waals surface area (Å²) in [5.41, 5.74) is 5.30. The molecule has 5 nitrogen and oxygen atoms in total. The zero-order chi connectivity index (χ0) is 18.9. The molecule has 28 heavy (non-hydrogen) atoms. The van der Waals surface area contributed by atoms with Gasteiger partial charge in [0.15, 0.2) is 0 Å². The monoisotopic (exact) mass is 372 g/mol. The second-order valence-electron chi connectivity index (χ2n) is 7.75. The van der Waals surface area contributed by atoms with Crippen molar-refractivity contribution in [1.82, 2.24) is 19.8 Å². The van der Waals surface area contributed by atoms with Gasteiger partial charge in [-0.2, -0.15) is 0 Å². The molecular formula is C23H24N4O. The van der Waals surface area contributed by atoms with Crippen molar-refractivity contribution in [2.45, 2.75) is 25.3 Å². The molecule has 0 N–H and O–H groups in total. The number of carbonyl (C=O) groups is 1. The molecule has 1 saturated heterocycles. The zero-order valence-corrected chi connectivity index (χ0v) is 15.9. The van der Waals surface area contributed by atoms with Crippen molar-refractivity contribution in [3.05, 3.63) is 71.5 Å². The van der Waals surface area contributed by atoms with Crippen LogP contribution in [-0.4, -0.2) is 57.9 Å². The van der Waals surface area contributed by atoms with Crippen LogP contribution in [-0.2, 0) is 12.8 Å². The smallest absolute Gasteiger partial charge is 0.254 e. The quantitative estimate of drug-likeness (QED) is 0.694. The third-order valence-electron chi connectivity index (χ3n) is 6.15. The summed E-state index contributed by atoms with van der Waals surface area (Å²) in [6.45, 7) is 3.48. The number of hydrogen-bond donors (Lipinski definition) is 0. The highest BCUT2D eigenvalue weighted by molar-refractivity contribution is 5.97. The van der Waals surface area contributed by atoms with E-state index in [1.807, 2.05) is 23.1 Å². The molecule has 3 aromatic rings. The number of aryl methyl sites for hydroxylation is 1. The standard InChI is InChI=1S/C23H24N4O/c28-23(19-6-8-21-22(16-19)25-10-9-24-21)27-13-11-26(12-14-27)20-7-5-17-3-1-2-4-18(17)15-20/h1-4,6,8-10,16,20H,5,7,11-15H2/t20-/m0/s1. The minimum absolute atomic E-state index is 0.0983. The SMILES string of the molecule is O=C(c1ccc2nccnc2c1)N1CCN([C@H]2CCc3ccccc3C2)CC1. The number of piperazine rings is 1. The van der Waals surface area contributed by atoms with Gasteiger partial charge in [-0.3, -0.25) is 19.7 Å². The van der Waals surface area contributed by atoms with E-state index in [2.05, 4.69) is 39.1 Å². The third-order valence-corrected chi connectivity index (χ3v) is 6.15. The fourth-order valence-corrected chi connectivity index (χ4v) is 4.56. The van der Waals surface area contributed by atoms with E-state index >= 15 is 0 Å². The molecule has 142 valence electrons. The van der Waals surface area contributed by atoms with Crippen molar-refractivity contribution in [2.75, 3.05) is 26.2 Å². The summed E-state index contributed by atoms with van der Waals surface area (Å²) in [6, 6.07) is 15.0. The molecule has 5 rings (SSSR count). The largest absolute Gasteiger partial charge is 0.336 e. The Morgan fingerprint density at radius 2 is 1.64 bits per heavy atom. The van der Waals surface area contributed by atoms with Crippen LogP contribution in [0, 0.1) is 0 Å². The van der Waals surface area contributed by atoms with Gasteiger partial charge in [-0.15, -0.1) is 0 Å². The lowest BCUT2D eigenvalue weighted by atomic mass is 9.87. The maximum absolute atomic E-state index is 12.9. The first kappa shape index (κ1) is 17.3. The van der Waals surface area contributed by atoms with Crippen LogP contribution in [0.25, 0.3) is 11.0 Å². The maximum Gasteiger partial charge on any atom is 0.254 e. The first-order chi connectivity index (χ1) is 13.8. The molecule has 1 aromatic heterocycles. The van der Waals surface area contributed by atoms with Gasteiger partial charge in [-0.1, -0.05) is 24.3 Å². The lowest BCUT2D eigenvalue weighted by Crippen LogP contribution is -2.53. The summed E-state index contributed by atoms with van der Waals surface area (Å²) >= 11 is 0. The Balaban J connectivity index is 1.23. The Hall–Kier alpha value is -2.79. The van der Waals surface area contributed by atoms with Gasteiger partial charge < -0.3 is 4.90 Å². The van der Waals surface area contributed by atoms with Gasteiger partial charge >= 0.3 is 0 Å². The number of amides is 1. The number of nitrogens with zero attached hydrogens (tertiary/aromatic N) is 4. The van der Waals surface area contributed by atoms with Crippen molar-refractivity contribution >= 4 is 16.9 Å². The van der Waals surface area contributed by atoms with Crippen LogP contribution in [0.2, 0.25) is 0 Å². The molecule has 1 aliphatic carbocycles. The number of rotatable bonds is 2. The van der Waals surface area contributed by atoms with Crippen molar-refractivity contribution in [2.24, 2.45) is 0 Å². The van der Waals surface area contributed by atoms with Crippen LogP contribution >= 0.6 is 0 Å². The Morgan fingerprint density at radius 1 is 0.893 bits per heavy atom. The summed E-state index contributed by atoms with van der Waals surface area (Å²) in [4.78, 5) is 26.1. The van der Waals surface area contributed by atoms with Crippen LogP contribution in [0.4, 0.5) is 0 Å². The highest BCUT2D eigenvalue weighted by atomic mass is 16.2. The predicted molar refractivity (Wildman–Crippen MR) is 109 cm³/mol. The molecule has 1 aliphatic heterocycles. The predicted octanol–water partition coefficient (Wildman–Crippen LogP) is 2.95. The maximum atomic E-state index is 12.9. The molecule has 5 heteroatoms. The molecule has 2 aromatic carbocycles. The molecular weight excluding hydrogens is 348 g/mol. The molecule has 0 bridgehead atoms. The summed E-state index contributed by atoms with van der Waals surface area (Å²) < 4.78 is 0. The van der Waals surface area contributed by atoms with Crippen molar-refractivity contribution in [3.8, 4) is 0 Å². The van der Waals surface area contributed by atoms with Crippen molar-refractivity contribution in [1.29, 1.82) is 0 Å². The molecule has 1 amide bonds. The number of carbonyl (C=O) groups excluding carboxylic acids is 1. The van der Waals surface area contributed by atoms with Gasteiger partial charge in [0.25, 0.3) is 5.91 Å². The Labute approximate surface area is 165 Å². The highest BCUT2D eigenvalue weighted by Gasteiger charge is 2.29. The van der Waals surface area contributed by atoms with E-state index in [4.69, 9.17) is 0 Å². The molecule has 0 saturated carbocycles. The number of fused-ring (bicyclic) bond motifs is 2. The van der Waals surface area contributed by atoms with E-state index in [9.17, 15) is 4.79 Å². The molecule has 1 fully saturated rings. The van der Waals surface area contributed by atoms with Gasteiger partial charge in [-0.25, -0.2) is 0 Å². The topological polar surface area (TPSA) is 49.3 Å². The molecule has 0 spiro atoms. The van der Waals surface area contributed by atoms with E-state index in [1.54, 1.807) is 12.4 Å². The second kappa shape index (κ2) is 7.32. The first-order valence-corrected chi connectivity index (χ1v) is 10.1. The summed E-state index contributed by atoms with van der Waals surface area (Å²) in [6.07, 6.45) is 6.85. The Morgan fingerprint density at radius 3 is 2.46 bits per heavy atom. The second-order valence-corrected chi connectivity index (χ2v) is 7.75. The van der Waals surface area contributed by atoms with Gasteiger partial charge in [-0.05, 0) is 48.6 Å². The average Bonchev–Trinajstić information content (AvgIpc) is 2.78. The number of benzene rings is 2. The van der Waals surface area contributed by atoms with E-state index in [0.717, 1.165) is 50.1 Å². The Kier molecular flexibility index (Phi) is 4.53. The van der Waals surface area contributed by atoms with Crippen LogP contribution in [0.5, 0.6) is 0 Å². The first-order valence-electron chi connectivity index (χ1n) is 10.1. The minimum atomic E-state index is 0.0983. The molecule has 2 aliphatic rings. The molecule has 2 heterocycles. The van der Waals surface area contributed by atoms with Crippen LogP contribution in [0.1, 0.15) is 27.9 Å². The normalized spacial score (nSPS) is 20.1.